The van der Waals surface area contributed by atoms with E-state index in [1.54, 1.807) is 18.2 Å². The van der Waals surface area contributed by atoms with E-state index in [2.05, 4.69) is 9.97 Å². The number of aromatic nitrogens is 2. The Hall–Kier alpha value is -3.91. The van der Waals surface area contributed by atoms with Gasteiger partial charge in [0.1, 0.15) is 17.3 Å². The third-order valence-corrected chi connectivity index (χ3v) is 4.48. The molecule has 8 nitrogen and oxygen atoms in total. The number of hydrogen-bond donors (Lipinski definition) is 2. The summed E-state index contributed by atoms with van der Waals surface area (Å²) >= 11 is 5.85. The van der Waals surface area contributed by atoms with Gasteiger partial charge in [0.15, 0.2) is 0 Å². The first kappa shape index (κ1) is 18.5. The fourth-order valence-corrected chi connectivity index (χ4v) is 3.08. The smallest absolute Gasteiger partial charge is 0.281 e. The van der Waals surface area contributed by atoms with Crippen LogP contribution >= 0.6 is 11.6 Å². The number of nitro benzene ring substituents is 1. The Kier molecular flexibility index (Phi) is 4.61. The topological polar surface area (TPSA) is 128 Å². The second kappa shape index (κ2) is 7.25. The van der Waals surface area contributed by atoms with E-state index >= 15 is 0 Å². The molecule has 9 heteroatoms. The number of nitrogens with zero attached hydrogens (tertiary/aromatic N) is 2. The first-order valence-corrected chi connectivity index (χ1v) is 8.81. The Labute approximate surface area is 168 Å². The number of fused-ring (bicyclic) bond motifs is 1. The summed E-state index contributed by atoms with van der Waals surface area (Å²) in [5.74, 6) is 0.153. The van der Waals surface area contributed by atoms with Crippen molar-refractivity contribution in [2.75, 3.05) is 0 Å². The molecular formula is C20H13ClN4O4. The lowest BCUT2D eigenvalue weighted by atomic mass is 10.1. The van der Waals surface area contributed by atoms with Crippen LogP contribution in [-0.2, 0) is 4.79 Å². The molecule has 0 aliphatic rings. The Bertz CT molecular complexity index is 1260. The van der Waals surface area contributed by atoms with Gasteiger partial charge < -0.3 is 15.1 Å². The van der Waals surface area contributed by atoms with Gasteiger partial charge in [-0.3, -0.25) is 14.9 Å². The molecule has 0 atom stereocenters. The van der Waals surface area contributed by atoms with Crippen molar-refractivity contribution in [2.45, 2.75) is 0 Å². The number of rotatable bonds is 5. The van der Waals surface area contributed by atoms with E-state index in [4.69, 9.17) is 21.8 Å². The highest BCUT2D eigenvalue weighted by Gasteiger charge is 2.19. The number of halogens is 1. The van der Waals surface area contributed by atoms with Crippen LogP contribution in [0.5, 0.6) is 0 Å². The molecule has 0 aliphatic carbocycles. The van der Waals surface area contributed by atoms with E-state index < -0.39 is 10.8 Å². The number of nitrogens with one attached hydrogen (secondary N) is 1. The molecule has 0 aliphatic heterocycles. The van der Waals surface area contributed by atoms with Crippen LogP contribution < -0.4 is 5.73 Å². The predicted molar refractivity (Wildman–Crippen MR) is 109 cm³/mol. The average Bonchev–Trinajstić information content (AvgIpc) is 3.32. The Balaban J connectivity index is 1.76. The third kappa shape index (κ3) is 3.61. The lowest BCUT2D eigenvalue weighted by Gasteiger charge is -2.01. The minimum Gasteiger partial charge on any atom is -0.456 e. The number of hydrogen-bond acceptors (Lipinski definition) is 5. The maximum Gasteiger partial charge on any atom is 0.281 e. The van der Waals surface area contributed by atoms with Crippen LogP contribution in [0.4, 0.5) is 5.69 Å². The second-order valence-corrected chi connectivity index (χ2v) is 6.58. The van der Waals surface area contributed by atoms with Crippen molar-refractivity contribution in [3.63, 3.8) is 0 Å². The van der Waals surface area contributed by atoms with Crippen molar-refractivity contribution in [1.82, 2.24) is 9.97 Å². The summed E-state index contributed by atoms with van der Waals surface area (Å²) in [6.45, 7) is 0. The Morgan fingerprint density at radius 1 is 1.21 bits per heavy atom. The summed E-state index contributed by atoms with van der Waals surface area (Å²) in [6.07, 6.45) is 1.44. The minimum atomic E-state index is -0.695. The number of primary amides is 1. The summed E-state index contributed by atoms with van der Waals surface area (Å²) < 4.78 is 5.70. The summed E-state index contributed by atoms with van der Waals surface area (Å²) in [5.41, 5.74) is 7.17. The molecular weight excluding hydrogens is 396 g/mol. The maximum atomic E-state index is 12.0. The number of nitrogens with two attached hydrogens (primary N) is 1. The van der Waals surface area contributed by atoms with Gasteiger partial charge >= 0.3 is 0 Å². The second-order valence-electron chi connectivity index (χ2n) is 6.15. The number of aromatic amines is 1. The zero-order chi connectivity index (χ0) is 20.5. The molecule has 2 aromatic heterocycles. The molecule has 0 saturated carbocycles. The van der Waals surface area contributed by atoms with Crippen molar-refractivity contribution in [3.05, 3.63) is 81.3 Å². The summed E-state index contributed by atoms with van der Waals surface area (Å²) in [6, 6.07) is 14.7. The first-order chi connectivity index (χ1) is 13.9. The standard InChI is InChI=1S/C20H13ClN4O4/c21-11-5-7-13(17(9-11)25(27)28)18-8-6-12(29-18)10-14(19(22)26)20-23-15-3-1-2-4-16(15)24-20/h1-10H,(H2,22,26)(H,23,24)/b14-10+. The van der Waals surface area contributed by atoms with Gasteiger partial charge in [0.25, 0.3) is 11.6 Å². The van der Waals surface area contributed by atoms with Crippen molar-refractivity contribution >= 4 is 45.9 Å². The molecule has 2 heterocycles. The summed E-state index contributed by atoms with van der Waals surface area (Å²) in [5, 5.41) is 11.6. The largest absolute Gasteiger partial charge is 0.456 e. The van der Waals surface area contributed by atoms with Crippen molar-refractivity contribution in [3.8, 4) is 11.3 Å². The molecule has 4 aromatic rings. The highest BCUT2D eigenvalue weighted by molar-refractivity contribution is 6.31. The Morgan fingerprint density at radius 3 is 2.72 bits per heavy atom. The number of H-pyrrole nitrogens is 1. The molecule has 4 rings (SSSR count). The molecule has 29 heavy (non-hydrogen) atoms. The molecule has 144 valence electrons. The lowest BCUT2D eigenvalue weighted by Crippen LogP contribution is -2.13. The molecule has 0 saturated heterocycles. The number of furan rings is 1. The van der Waals surface area contributed by atoms with Crippen LogP contribution in [-0.4, -0.2) is 20.8 Å². The maximum absolute atomic E-state index is 12.0. The van der Waals surface area contributed by atoms with Crippen LogP contribution in [0.3, 0.4) is 0 Å². The minimum absolute atomic E-state index is 0.118. The molecule has 1 amide bonds. The number of benzene rings is 2. The van der Waals surface area contributed by atoms with Crippen molar-refractivity contribution < 1.29 is 14.1 Å². The van der Waals surface area contributed by atoms with E-state index in [0.717, 1.165) is 5.52 Å². The molecule has 0 bridgehead atoms. The van der Waals surface area contributed by atoms with Gasteiger partial charge in [-0.05, 0) is 42.5 Å². The van der Waals surface area contributed by atoms with E-state index in [1.807, 2.05) is 18.2 Å². The molecule has 3 N–H and O–H groups in total. The van der Waals surface area contributed by atoms with Gasteiger partial charge in [0, 0.05) is 11.1 Å². The van der Waals surface area contributed by atoms with E-state index in [0.29, 0.717) is 17.1 Å². The van der Waals surface area contributed by atoms with Gasteiger partial charge in [-0.15, -0.1) is 0 Å². The van der Waals surface area contributed by atoms with Gasteiger partial charge in [-0.25, -0.2) is 4.98 Å². The van der Waals surface area contributed by atoms with E-state index in [1.165, 1.54) is 24.3 Å². The number of carbonyl (C=O) groups is 1. The van der Waals surface area contributed by atoms with Crippen LogP contribution in [0, 0.1) is 10.1 Å². The van der Waals surface area contributed by atoms with Gasteiger partial charge in [0.05, 0.1) is 27.1 Å². The van der Waals surface area contributed by atoms with E-state index in [9.17, 15) is 14.9 Å². The predicted octanol–water partition coefficient (Wildman–Crippen LogP) is 4.41. The SMILES string of the molecule is NC(=O)/C(=C\c1ccc(-c2ccc(Cl)cc2[N+](=O)[O-])o1)c1nc2ccccc2[nH]1. The molecule has 0 unspecified atom stereocenters. The number of imidazole rings is 1. The zero-order valence-corrected chi connectivity index (χ0v) is 15.5. The van der Waals surface area contributed by atoms with Crippen LogP contribution in [0.15, 0.2) is 59.0 Å². The molecule has 0 radical (unpaired) electrons. The first-order valence-electron chi connectivity index (χ1n) is 8.43. The fraction of sp³-hybridized carbons (Fsp3) is 0. The lowest BCUT2D eigenvalue weighted by molar-refractivity contribution is -0.384. The highest BCUT2D eigenvalue weighted by atomic mass is 35.5. The fourth-order valence-electron chi connectivity index (χ4n) is 2.92. The summed E-state index contributed by atoms with van der Waals surface area (Å²) in [4.78, 5) is 30.2. The number of amides is 1. The van der Waals surface area contributed by atoms with Gasteiger partial charge in [0.2, 0.25) is 0 Å². The monoisotopic (exact) mass is 408 g/mol. The molecule has 0 spiro atoms. The number of nitro groups is 1. The van der Waals surface area contributed by atoms with Crippen molar-refractivity contribution in [2.24, 2.45) is 5.73 Å². The Morgan fingerprint density at radius 2 is 2.00 bits per heavy atom. The average molecular weight is 409 g/mol. The highest BCUT2D eigenvalue weighted by Crippen LogP contribution is 2.34. The van der Waals surface area contributed by atoms with Crippen molar-refractivity contribution in [1.29, 1.82) is 0 Å². The quantitative estimate of drug-likeness (QED) is 0.287. The van der Waals surface area contributed by atoms with E-state index in [-0.39, 0.29) is 27.6 Å². The third-order valence-electron chi connectivity index (χ3n) is 4.25. The molecule has 2 aromatic carbocycles. The van der Waals surface area contributed by atoms with Crippen LogP contribution in [0.25, 0.3) is 34.0 Å². The van der Waals surface area contributed by atoms with Crippen LogP contribution in [0.1, 0.15) is 11.6 Å². The summed E-state index contributed by atoms with van der Waals surface area (Å²) in [7, 11) is 0. The zero-order valence-electron chi connectivity index (χ0n) is 14.8. The number of para-hydroxylation sites is 2. The van der Waals surface area contributed by atoms with Crippen LogP contribution in [0.2, 0.25) is 5.02 Å². The van der Waals surface area contributed by atoms with Gasteiger partial charge in [-0.1, -0.05) is 23.7 Å². The molecule has 0 fully saturated rings. The normalized spacial score (nSPS) is 11.7. The number of carbonyl (C=O) groups excluding carboxylic acids is 1. The van der Waals surface area contributed by atoms with Gasteiger partial charge in [-0.2, -0.15) is 0 Å².